The monoisotopic (exact) mass is 242 g/mol. The van der Waals surface area contributed by atoms with Gasteiger partial charge in [-0.25, -0.2) is 9.80 Å². The van der Waals surface area contributed by atoms with Gasteiger partial charge in [-0.2, -0.15) is 0 Å². The van der Waals surface area contributed by atoms with E-state index in [1.165, 1.54) is 16.2 Å². The topological polar surface area (TPSA) is 88.1 Å². The molecule has 0 aromatic rings. The van der Waals surface area contributed by atoms with Crippen molar-refractivity contribution in [3.8, 4) is 0 Å². The number of rotatable bonds is 2. The van der Waals surface area contributed by atoms with Gasteiger partial charge in [-0.05, 0) is 6.92 Å². The molecule has 0 aromatic heterocycles. The number of nitrogens with zero attached hydrogens (tertiary/aromatic N) is 2. The smallest absolute Gasteiger partial charge is 0.340 e. The van der Waals surface area contributed by atoms with Gasteiger partial charge in [0.25, 0.3) is 0 Å². The average molecular weight is 242 g/mol. The maximum absolute atomic E-state index is 10.8. The van der Waals surface area contributed by atoms with Gasteiger partial charge < -0.3 is 15.5 Å². The van der Waals surface area contributed by atoms with Crippen molar-refractivity contribution in [1.29, 1.82) is 0 Å². The van der Waals surface area contributed by atoms with Crippen molar-refractivity contribution < 1.29 is 15.0 Å². The van der Waals surface area contributed by atoms with Gasteiger partial charge in [0, 0.05) is 6.20 Å². The first-order chi connectivity index (χ1) is 7.50. The molecule has 1 atom stereocenters. The van der Waals surface area contributed by atoms with Crippen LogP contribution in [0.5, 0.6) is 0 Å². The Hall–Kier alpha value is -1.64. The van der Waals surface area contributed by atoms with E-state index in [9.17, 15) is 9.90 Å². The van der Waals surface area contributed by atoms with Gasteiger partial charge in [0.05, 0.1) is 6.20 Å². The van der Waals surface area contributed by atoms with Crippen LogP contribution in [-0.4, -0.2) is 37.4 Å². The SMILES string of the molecule is C[C@H](O)N1C=C2NC=C(C(=O)O)C(=S)N2N1. The van der Waals surface area contributed by atoms with E-state index in [-0.39, 0.29) is 10.6 Å². The van der Waals surface area contributed by atoms with Crippen molar-refractivity contribution in [2.24, 2.45) is 0 Å². The van der Waals surface area contributed by atoms with E-state index < -0.39 is 12.2 Å². The highest BCUT2D eigenvalue weighted by molar-refractivity contribution is 7.80. The molecule has 0 aromatic carbocycles. The summed E-state index contributed by atoms with van der Waals surface area (Å²) in [5.41, 5.74) is 2.74. The Morgan fingerprint density at radius 3 is 2.88 bits per heavy atom. The zero-order valence-electron chi connectivity index (χ0n) is 8.34. The molecule has 2 aliphatic heterocycles. The zero-order valence-corrected chi connectivity index (χ0v) is 9.15. The summed E-state index contributed by atoms with van der Waals surface area (Å²) in [5, 5.41) is 23.8. The van der Waals surface area contributed by atoms with Crippen molar-refractivity contribution in [3.63, 3.8) is 0 Å². The molecule has 16 heavy (non-hydrogen) atoms. The molecule has 0 bridgehead atoms. The largest absolute Gasteiger partial charge is 0.478 e. The Morgan fingerprint density at radius 2 is 2.31 bits per heavy atom. The van der Waals surface area contributed by atoms with Gasteiger partial charge >= 0.3 is 5.97 Å². The number of aliphatic hydroxyl groups excluding tert-OH is 1. The summed E-state index contributed by atoms with van der Waals surface area (Å²) >= 11 is 5.01. The van der Waals surface area contributed by atoms with Gasteiger partial charge in [-0.15, -0.1) is 5.53 Å². The molecular weight excluding hydrogens is 232 g/mol. The number of nitrogens with one attached hydrogen (secondary N) is 2. The predicted molar refractivity (Wildman–Crippen MR) is 58.0 cm³/mol. The molecule has 0 saturated heterocycles. The van der Waals surface area contributed by atoms with Crippen LogP contribution in [0.2, 0.25) is 0 Å². The van der Waals surface area contributed by atoms with Crippen LogP contribution in [0.25, 0.3) is 0 Å². The molecular formula is C8H10N4O3S. The van der Waals surface area contributed by atoms with E-state index in [2.05, 4.69) is 10.9 Å². The van der Waals surface area contributed by atoms with Crippen LogP contribution in [0.1, 0.15) is 6.92 Å². The maximum Gasteiger partial charge on any atom is 0.340 e. The summed E-state index contributed by atoms with van der Waals surface area (Å²) in [6, 6.07) is 0. The molecule has 0 unspecified atom stereocenters. The summed E-state index contributed by atoms with van der Waals surface area (Å²) in [5.74, 6) is -0.537. The second-order valence-corrected chi connectivity index (χ2v) is 3.69. The van der Waals surface area contributed by atoms with Gasteiger partial charge in [0.15, 0.2) is 0 Å². The molecule has 2 rings (SSSR count). The molecule has 2 heterocycles. The lowest BCUT2D eigenvalue weighted by Crippen LogP contribution is -2.50. The zero-order chi connectivity index (χ0) is 11.9. The molecule has 4 N–H and O–H groups in total. The minimum atomic E-state index is -1.10. The average Bonchev–Trinajstić information content (AvgIpc) is 2.62. The molecule has 0 spiro atoms. The third kappa shape index (κ3) is 1.62. The van der Waals surface area contributed by atoms with Gasteiger partial charge in [-0.1, -0.05) is 12.2 Å². The van der Waals surface area contributed by atoms with Crippen LogP contribution in [-0.2, 0) is 4.79 Å². The Kier molecular flexibility index (Phi) is 2.54. The maximum atomic E-state index is 10.8. The highest BCUT2D eigenvalue weighted by Crippen LogP contribution is 2.19. The lowest BCUT2D eigenvalue weighted by atomic mass is 10.2. The number of carbonyl (C=O) groups is 1. The first-order valence-corrected chi connectivity index (χ1v) is 4.90. The van der Waals surface area contributed by atoms with Crippen molar-refractivity contribution in [3.05, 3.63) is 23.8 Å². The lowest BCUT2D eigenvalue weighted by Gasteiger charge is -2.28. The van der Waals surface area contributed by atoms with Crippen LogP contribution in [0.15, 0.2) is 23.8 Å². The van der Waals surface area contributed by atoms with Crippen molar-refractivity contribution >= 4 is 23.2 Å². The lowest BCUT2D eigenvalue weighted by molar-refractivity contribution is -0.132. The molecule has 0 radical (unpaired) electrons. The second kappa shape index (κ2) is 3.74. The minimum absolute atomic E-state index is 0.00732. The Labute approximate surface area is 96.6 Å². The Balaban J connectivity index is 2.23. The fourth-order valence-electron chi connectivity index (χ4n) is 1.32. The number of hydrogen-bond acceptors (Lipinski definition) is 6. The number of hydrazine groups is 2. The number of carboxylic acid groups (broad SMARTS) is 1. The van der Waals surface area contributed by atoms with E-state index in [4.69, 9.17) is 17.3 Å². The molecule has 0 saturated carbocycles. The Morgan fingerprint density at radius 1 is 1.62 bits per heavy atom. The van der Waals surface area contributed by atoms with E-state index in [0.717, 1.165) is 0 Å². The molecule has 2 aliphatic rings. The summed E-state index contributed by atoms with van der Waals surface area (Å²) in [4.78, 5) is 11.0. The number of hydrogen-bond donors (Lipinski definition) is 4. The number of fused-ring (bicyclic) bond motifs is 1. The molecule has 0 fully saturated rings. The van der Waals surface area contributed by atoms with Crippen LogP contribution >= 0.6 is 12.2 Å². The van der Waals surface area contributed by atoms with Crippen LogP contribution in [0.4, 0.5) is 0 Å². The normalized spacial score (nSPS) is 21.0. The molecule has 0 aliphatic carbocycles. The van der Waals surface area contributed by atoms with Crippen molar-refractivity contribution in [2.45, 2.75) is 13.2 Å². The minimum Gasteiger partial charge on any atom is -0.478 e. The summed E-state index contributed by atoms with van der Waals surface area (Å²) in [6.07, 6.45) is 2.16. The van der Waals surface area contributed by atoms with Crippen molar-refractivity contribution in [2.75, 3.05) is 0 Å². The molecule has 0 amide bonds. The summed E-state index contributed by atoms with van der Waals surface area (Å²) in [7, 11) is 0. The fraction of sp³-hybridized carbons (Fsp3) is 0.250. The van der Waals surface area contributed by atoms with Gasteiger partial charge in [0.2, 0.25) is 0 Å². The summed E-state index contributed by atoms with van der Waals surface area (Å²) in [6.45, 7) is 1.57. The third-order valence-corrected chi connectivity index (χ3v) is 2.55. The van der Waals surface area contributed by atoms with Crippen LogP contribution in [0, 0.1) is 0 Å². The third-order valence-electron chi connectivity index (χ3n) is 2.15. The van der Waals surface area contributed by atoms with E-state index in [1.807, 2.05) is 0 Å². The van der Waals surface area contributed by atoms with E-state index >= 15 is 0 Å². The van der Waals surface area contributed by atoms with E-state index in [1.54, 1.807) is 13.1 Å². The van der Waals surface area contributed by atoms with Crippen LogP contribution in [0.3, 0.4) is 0 Å². The van der Waals surface area contributed by atoms with Gasteiger partial charge in [0.1, 0.15) is 22.6 Å². The molecule has 8 heteroatoms. The second-order valence-electron chi connectivity index (χ2n) is 3.30. The van der Waals surface area contributed by atoms with E-state index in [0.29, 0.717) is 5.82 Å². The van der Waals surface area contributed by atoms with Crippen molar-refractivity contribution in [1.82, 2.24) is 20.9 Å². The number of aliphatic carboxylic acids is 1. The highest BCUT2D eigenvalue weighted by atomic mass is 32.1. The summed E-state index contributed by atoms with van der Waals surface area (Å²) < 4.78 is 0. The van der Waals surface area contributed by atoms with Gasteiger partial charge in [-0.3, -0.25) is 5.01 Å². The first kappa shape index (κ1) is 10.9. The van der Waals surface area contributed by atoms with Crippen LogP contribution < -0.4 is 10.9 Å². The molecule has 86 valence electrons. The fourth-order valence-corrected chi connectivity index (χ4v) is 1.60. The Bertz CT molecular complexity index is 418. The quantitative estimate of drug-likeness (QED) is 0.461. The first-order valence-electron chi connectivity index (χ1n) is 4.49. The number of carboxylic acids is 1. The number of aliphatic hydroxyl groups is 1. The highest BCUT2D eigenvalue weighted by Gasteiger charge is 2.32. The standard InChI is InChI=1S/C8H10N4O3S/c1-4(13)11-3-6-9-2-5(8(14)15)7(16)12(6)10-11/h2-4,9-10,13H,1H3,(H,14,15)/t4-/m0/s1. The molecule has 7 nitrogen and oxygen atoms in total. The predicted octanol–water partition coefficient (Wildman–Crippen LogP) is -0.940. The number of thiocarbonyl (C=S) groups is 1.